The summed E-state index contributed by atoms with van der Waals surface area (Å²) in [6, 6.07) is 13.2. The highest BCUT2D eigenvalue weighted by Gasteiger charge is 2.32. The van der Waals surface area contributed by atoms with Gasteiger partial charge in [0.25, 0.3) is 5.91 Å². The lowest BCUT2D eigenvalue weighted by atomic mass is 10.0. The molecule has 2 aliphatic rings. The van der Waals surface area contributed by atoms with Gasteiger partial charge in [-0.3, -0.25) is 14.5 Å². The topological polar surface area (TPSA) is 87.7 Å². The average molecular weight is 391 g/mol. The number of anilines is 2. The van der Waals surface area contributed by atoms with E-state index >= 15 is 0 Å². The van der Waals surface area contributed by atoms with E-state index in [4.69, 9.17) is 4.74 Å². The number of rotatable bonds is 4. The molecule has 2 aliphatic heterocycles. The van der Waals surface area contributed by atoms with E-state index in [9.17, 15) is 14.4 Å². The van der Waals surface area contributed by atoms with E-state index < -0.39 is 6.09 Å². The minimum atomic E-state index is -0.439. The number of ether oxygens (including phenoxy) is 1. The highest BCUT2D eigenvalue weighted by Crippen LogP contribution is 2.34. The Balaban J connectivity index is 1.51. The van der Waals surface area contributed by atoms with Gasteiger partial charge in [0.05, 0.1) is 13.1 Å². The number of hydrogen-bond donors (Lipinski definition) is 2. The van der Waals surface area contributed by atoms with Crippen molar-refractivity contribution in [2.75, 3.05) is 23.3 Å². The summed E-state index contributed by atoms with van der Waals surface area (Å²) >= 11 is 0. The minimum Gasteiger partial charge on any atom is -0.442 e. The van der Waals surface area contributed by atoms with Crippen LogP contribution < -0.4 is 15.5 Å². The number of nitrogens with zero attached hydrogens (tertiary/aromatic N) is 1. The second kappa shape index (κ2) is 7.43. The van der Waals surface area contributed by atoms with E-state index in [2.05, 4.69) is 10.6 Å². The number of aryl methyl sites for hydroxylation is 1. The molecule has 148 valence electrons. The van der Waals surface area contributed by atoms with Crippen LogP contribution in [0, 0.1) is 6.92 Å². The van der Waals surface area contributed by atoms with Crippen LogP contribution in [-0.4, -0.2) is 37.1 Å². The summed E-state index contributed by atoms with van der Waals surface area (Å²) in [4.78, 5) is 37.0. The van der Waals surface area contributed by atoms with Crippen LogP contribution >= 0.6 is 0 Å². The zero-order valence-corrected chi connectivity index (χ0v) is 16.2. The number of carbonyl (C=O) groups excluding carboxylic acids is 3. The fraction of sp³-hybridized carbons (Fsp3) is 0.227. The molecule has 0 saturated carbocycles. The Morgan fingerprint density at radius 2 is 2.00 bits per heavy atom. The van der Waals surface area contributed by atoms with Gasteiger partial charge < -0.3 is 15.4 Å². The first-order valence-corrected chi connectivity index (χ1v) is 9.37. The fourth-order valence-corrected chi connectivity index (χ4v) is 3.47. The molecule has 29 heavy (non-hydrogen) atoms. The van der Waals surface area contributed by atoms with E-state index in [1.54, 1.807) is 0 Å². The molecule has 0 aromatic heterocycles. The molecule has 0 aliphatic carbocycles. The van der Waals surface area contributed by atoms with Gasteiger partial charge in [0.15, 0.2) is 0 Å². The van der Waals surface area contributed by atoms with Crippen LogP contribution in [-0.2, 0) is 14.3 Å². The highest BCUT2D eigenvalue weighted by atomic mass is 16.6. The summed E-state index contributed by atoms with van der Waals surface area (Å²) in [5.41, 5.74) is 4.97. The molecule has 2 heterocycles. The molecule has 1 atom stereocenters. The predicted molar refractivity (Wildman–Crippen MR) is 110 cm³/mol. The van der Waals surface area contributed by atoms with Crippen LogP contribution in [0.1, 0.15) is 23.6 Å². The molecule has 2 aromatic rings. The molecule has 7 heteroatoms. The number of carbonyl (C=O) groups is 3. The molecule has 4 rings (SSSR count). The summed E-state index contributed by atoms with van der Waals surface area (Å²) in [5.74, 6) is -0.289. The summed E-state index contributed by atoms with van der Waals surface area (Å²) in [6.45, 7) is 4.06. The second-order valence-electron chi connectivity index (χ2n) is 7.21. The Morgan fingerprint density at radius 3 is 2.72 bits per heavy atom. The number of fused-ring (bicyclic) bond motifs is 1. The Kier molecular flexibility index (Phi) is 4.80. The Morgan fingerprint density at radius 1 is 1.24 bits per heavy atom. The number of cyclic esters (lactones) is 1. The van der Waals surface area contributed by atoms with Gasteiger partial charge in [0.1, 0.15) is 6.10 Å². The molecule has 0 radical (unpaired) electrons. The Labute approximate surface area is 168 Å². The van der Waals surface area contributed by atoms with Gasteiger partial charge in [0.2, 0.25) is 5.91 Å². The fourth-order valence-electron chi connectivity index (χ4n) is 3.47. The van der Waals surface area contributed by atoms with E-state index in [0.717, 1.165) is 22.4 Å². The van der Waals surface area contributed by atoms with Crippen LogP contribution in [0.25, 0.3) is 11.6 Å². The van der Waals surface area contributed by atoms with Gasteiger partial charge in [-0.05, 0) is 42.3 Å². The highest BCUT2D eigenvalue weighted by molar-refractivity contribution is 6.34. The Hall–Kier alpha value is -3.61. The van der Waals surface area contributed by atoms with Crippen molar-refractivity contribution >= 4 is 40.9 Å². The van der Waals surface area contributed by atoms with Gasteiger partial charge in [0, 0.05) is 29.4 Å². The molecule has 0 unspecified atom stereocenters. The van der Waals surface area contributed by atoms with E-state index in [-0.39, 0.29) is 24.5 Å². The van der Waals surface area contributed by atoms with Crippen molar-refractivity contribution in [2.45, 2.75) is 20.0 Å². The zero-order valence-electron chi connectivity index (χ0n) is 16.2. The standard InChI is InChI=1S/C22H21N3O4/c1-13-3-8-18-19(21(27)24-20(18)9-13)10-15-4-6-16(7-5-15)25-12-17(29-22(25)28)11-23-14(2)26/h3-10,17H,11-12H2,1-2H3,(H,23,26)(H,24,27)/b19-10+/t17-/m0/s1. The van der Waals surface area contributed by atoms with Crippen LogP contribution in [0.5, 0.6) is 0 Å². The van der Waals surface area contributed by atoms with Crippen molar-refractivity contribution in [3.8, 4) is 0 Å². The van der Waals surface area contributed by atoms with Crippen LogP contribution in [0.3, 0.4) is 0 Å². The van der Waals surface area contributed by atoms with Crippen molar-refractivity contribution in [2.24, 2.45) is 0 Å². The summed E-state index contributed by atoms with van der Waals surface area (Å²) in [6.07, 6.45) is 1.02. The monoisotopic (exact) mass is 391 g/mol. The summed E-state index contributed by atoms with van der Waals surface area (Å²) in [7, 11) is 0. The number of benzene rings is 2. The molecular formula is C22H21N3O4. The molecular weight excluding hydrogens is 370 g/mol. The lowest BCUT2D eigenvalue weighted by molar-refractivity contribution is -0.119. The summed E-state index contributed by atoms with van der Waals surface area (Å²) < 4.78 is 5.29. The lowest BCUT2D eigenvalue weighted by Gasteiger charge is -2.13. The molecule has 3 amide bonds. The maximum atomic E-state index is 12.3. The van der Waals surface area contributed by atoms with Gasteiger partial charge in [-0.1, -0.05) is 24.3 Å². The SMILES string of the molecule is CC(=O)NC[C@H]1CN(c2ccc(/C=C3/C(=O)Nc4cc(C)ccc43)cc2)C(=O)O1. The lowest BCUT2D eigenvalue weighted by Crippen LogP contribution is -2.33. The second-order valence-corrected chi connectivity index (χ2v) is 7.21. The smallest absolute Gasteiger partial charge is 0.414 e. The number of amides is 3. The van der Waals surface area contributed by atoms with Gasteiger partial charge in [-0.2, -0.15) is 0 Å². The van der Waals surface area contributed by atoms with Gasteiger partial charge in [-0.25, -0.2) is 4.79 Å². The zero-order chi connectivity index (χ0) is 20.5. The molecule has 2 aromatic carbocycles. The van der Waals surface area contributed by atoms with Crippen molar-refractivity contribution in [3.05, 3.63) is 59.2 Å². The number of hydrogen-bond acceptors (Lipinski definition) is 4. The molecule has 2 N–H and O–H groups in total. The van der Waals surface area contributed by atoms with Crippen molar-refractivity contribution in [1.29, 1.82) is 0 Å². The minimum absolute atomic E-state index is 0.126. The van der Waals surface area contributed by atoms with Crippen LogP contribution in [0.2, 0.25) is 0 Å². The van der Waals surface area contributed by atoms with Gasteiger partial charge >= 0.3 is 6.09 Å². The predicted octanol–water partition coefficient (Wildman–Crippen LogP) is 2.95. The average Bonchev–Trinajstić information content (AvgIpc) is 3.20. The maximum absolute atomic E-state index is 12.3. The first kappa shape index (κ1) is 18.7. The van der Waals surface area contributed by atoms with Crippen LogP contribution in [0.15, 0.2) is 42.5 Å². The van der Waals surface area contributed by atoms with Crippen molar-refractivity contribution in [1.82, 2.24) is 5.32 Å². The van der Waals surface area contributed by atoms with E-state index in [1.807, 2.05) is 55.5 Å². The maximum Gasteiger partial charge on any atom is 0.414 e. The first-order valence-electron chi connectivity index (χ1n) is 9.37. The summed E-state index contributed by atoms with van der Waals surface area (Å²) in [5, 5.41) is 5.55. The third-order valence-electron chi connectivity index (χ3n) is 4.93. The third kappa shape index (κ3) is 3.85. The normalized spacial score (nSPS) is 19.2. The van der Waals surface area contributed by atoms with Gasteiger partial charge in [-0.15, -0.1) is 0 Å². The van der Waals surface area contributed by atoms with Crippen molar-refractivity contribution in [3.63, 3.8) is 0 Å². The molecule has 1 fully saturated rings. The number of nitrogens with one attached hydrogen (secondary N) is 2. The van der Waals surface area contributed by atoms with Crippen molar-refractivity contribution < 1.29 is 19.1 Å². The van der Waals surface area contributed by atoms with E-state index in [0.29, 0.717) is 17.8 Å². The molecule has 0 bridgehead atoms. The third-order valence-corrected chi connectivity index (χ3v) is 4.93. The molecule has 7 nitrogen and oxygen atoms in total. The molecule has 1 saturated heterocycles. The quantitative estimate of drug-likeness (QED) is 0.785. The molecule has 0 spiro atoms. The first-order chi connectivity index (χ1) is 13.9. The largest absolute Gasteiger partial charge is 0.442 e. The Bertz CT molecular complexity index is 1030. The van der Waals surface area contributed by atoms with E-state index in [1.165, 1.54) is 11.8 Å². The van der Waals surface area contributed by atoms with Crippen LogP contribution in [0.4, 0.5) is 16.2 Å².